The van der Waals surface area contributed by atoms with Gasteiger partial charge in [0.1, 0.15) is 5.54 Å². The van der Waals surface area contributed by atoms with Crippen LogP contribution in [0, 0.1) is 0 Å². The zero-order chi connectivity index (χ0) is 16.7. The summed E-state index contributed by atoms with van der Waals surface area (Å²) in [5.74, 6) is -0.0309. The number of amides is 2. The molecule has 126 valence electrons. The van der Waals surface area contributed by atoms with E-state index in [4.69, 9.17) is 4.74 Å². The van der Waals surface area contributed by atoms with Gasteiger partial charge >= 0.3 is 0 Å². The van der Waals surface area contributed by atoms with Crippen LogP contribution in [-0.2, 0) is 20.9 Å². The molecule has 23 heavy (non-hydrogen) atoms. The van der Waals surface area contributed by atoms with E-state index in [0.717, 1.165) is 12.0 Å². The monoisotopic (exact) mass is 318 g/mol. The van der Waals surface area contributed by atoms with E-state index in [-0.39, 0.29) is 11.8 Å². The molecule has 1 aliphatic rings. The molecule has 1 N–H and O–H groups in total. The van der Waals surface area contributed by atoms with Gasteiger partial charge in [0.05, 0.1) is 0 Å². The zero-order valence-electron chi connectivity index (χ0n) is 14.0. The van der Waals surface area contributed by atoms with Crippen molar-refractivity contribution in [1.82, 2.24) is 10.2 Å². The maximum absolute atomic E-state index is 12.6. The lowest BCUT2D eigenvalue weighted by Gasteiger charge is -2.34. The summed E-state index contributed by atoms with van der Waals surface area (Å²) in [7, 11) is 0. The molecule has 5 heteroatoms. The van der Waals surface area contributed by atoms with Gasteiger partial charge in [-0.1, -0.05) is 30.3 Å². The van der Waals surface area contributed by atoms with Crippen LogP contribution >= 0.6 is 0 Å². The Kier molecular flexibility index (Phi) is 6.16. The number of likely N-dealkylation sites (tertiary alicyclic amines) is 1. The summed E-state index contributed by atoms with van der Waals surface area (Å²) in [4.78, 5) is 26.5. The molecule has 1 aromatic carbocycles. The molecule has 1 saturated heterocycles. The number of carbonyl (C=O) groups is 2. The minimum Gasteiger partial charge on any atom is -0.382 e. The van der Waals surface area contributed by atoms with E-state index in [9.17, 15) is 9.59 Å². The van der Waals surface area contributed by atoms with Gasteiger partial charge in [-0.25, -0.2) is 0 Å². The van der Waals surface area contributed by atoms with E-state index >= 15 is 0 Å². The van der Waals surface area contributed by atoms with Gasteiger partial charge in [-0.15, -0.1) is 0 Å². The van der Waals surface area contributed by atoms with Crippen molar-refractivity contribution in [3.8, 4) is 0 Å². The van der Waals surface area contributed by atoms with Gasteiger partial charge in [-0.3, -0.25) is 9.59 Å². The van der Waals surface area contributed by atoms with Crippen LogP contribution in [0.1, 0.15) is 38.7 Å². The topological polar surface area (TPSA) is 58.6 Å². The van der Waals surface area contributed by atoms with Gasteiger partial charge < -0.3 is 15.0 Å². The summed E-state index contributed by atoms with van der Waals surface area (Å²) in [6, 6.07) is 9.79. The van der Waals surface area contributed by atoms with E-state index < -0.39 is 5.54 Å². The maximum atomic E-state index is 12.6. The first kappa shape index (κ1) is 17.5. The van der Waals surface area contributed by atoms with Crippen molar-refractivity contribution in [1.29, 1.82) is 0 Å². The molecular formula is C18H26N2O3. The number of hydrogen-bond acceptors (Lipinski definition) is 3. The lowest BCUT2D eigenvalue weighted by molar-refractivity contribution is -0.141. The highest BCUT2D eigenvalue weighted by molar-refractivity contribution is 5.94. The fraction of sp³-hybridized carbons (Fsp3) is 0.556. The van der Waals surface area contributed by atoms with Gasteiger partial charge in [0.2, 0.25) is 11.8 Å². The first-order chi connectivity index (χ1) is 11.1. The first-order valence-electron chi connectivity index (χ1n) is 8.28. The van der Waals surface area contributed by atoms with Crippen LogP contribution in [0.5, 0.6) is 0 Å². The van der Waals surface area contributed by atoms with Crippen molar-refractivity contribution in [3.05, 3.63) is 35.9 Å². The molecule has 0 bridgehead atoms. The van der Waals surface area contributed by atoms with Crippen LogP contribution in [0.15, 0.2) is 30.3 Å². The Morgan fingerprint density at radius 1 is 1.35 bits per heavy atom. The summed E-state index contributed by atoms with van der Waals surface area (Å²) in [6.45, 7) is 6.18. The molecule has 0 aliphatic carbocycles. The SMILES string of the molecule is CCOCCCNC(=O)[C@@]1(C)CCC(=O)N1Cc1ccccc1. The highest BCUT2D eigenvalue weighted by Crippen LogP contribution is 2.31. The van der Waals surface area contributed by atoms with Crippen LogP contribution in [0.2, 0.25) is 0 Å². The fourth-order valence-corrected chi connectivity index (χ4v) is 2.87. The summed E-state index contributed by atoms with van der Waals surface area (Å²) in [5, 5.41) is 2.95. The molecular weight excluding hydrogens is 292 g/mol. The van der Waals surface area contributed by atoms with Crippen molar-refractivity contribution in [2.45, 2.75) is 45.2 Å². The summed E-state index contributed by atoms with van der Waals surface area (Å²) < 4.78 is 5.27. The summed E-state index contributed by atoms with van der Waals surface area (Å²) >= 11 is 0. The summed E-state index contributed by atoms with van der Waals surface area (Å²) in [6.07, 6.45) is 1.77. The Morgan fingerprint density at radius 2 is 2.09 bits per heavy atom. The van der Waals surface area contributed by atoms with E-state index in [2.05, 4.69) is 5.32 Å². The summed E-state index contributed by atoms with van der Waals surface area (Å²) in [5.41, 5.74) is 0.275. The molecule has 1 heterocycles. The molecule has 1 aromatic rings. The molecule has 0 aromatic heterocycles. The van der Waals surface area contributed by atoms with Crippen LogP contribution in [-0.4, -0.2) is 42.0 Å². The van der Waals surface area contributed by atoms with Crippen molar-refractivity contribution in [3.63, 3.8) is 0 Å². The van der Waals surface area contributed by atoms with E-state index in [0.29, 0.717) is 39.1 Å². The average Bonchev–Trinajstić information content (AvgIpc) is 2.85. The largest absolute Gasteiger partial charge is 0.382 e. The Hall–Kier alpha value is -1.88. The van der Waals surface area contributed by atoms with Crippen molar-refractivity contribution >= 4 is 11.8 Å². The normalized spacial score (nSPS) is 20.8. The minimum atomic E-state index is -0.765. The van der Waals surface area contributed by atoms with Gasteiger partial charge in [0, 0.05) is 32.7 Å². The number of hydrogen-bond donors (Lipinski definition) is 1. The Bertz CT molecular complexity index is 532. The van der Waals surface area contributed by atoms with Gasteiger partial charge in [0.25, 0.3) is 0 Å². The highest BCUT2D eigenvalue weighted by atomic mass is 16.5. The third-order valence-corrected chi connectivity index (χ3v) is 4.35. The smallest absolute Gasteiger partial charge is 0.245 e. The number of nitrogens with zero attached hydrogens (tertiary/aromatic N) is 1. The third kappa shape index (κ3) is 4.32. The van der Waals surface area contributed by atoms with Crippen molar-refractivity contribution < 1.29 is 14.3 Å². The fourth-order valence-electron chi connectivity index (χ4n) is 2.87. The second kappa shape index (κ2) is 8.11. The number of benzene rings is 1. The average molecular weight is 318 g/mol. The first-order valence-corrected chi connectivity index (χ1v) is 8.28. The predicted octanol–water partition coefficient (Wildman–Crippen LogP) is 2.11. The Morgan fingerprint density at radius 3 is 2.78 bits per heavy atom. The molecule has 2 amide bonds. The molecule has 0 saturated carbocycles. The van der Waals surface area contributed by atoms with Crippen LogP contribution < -0.4 is 5.32 Å². The third-order valence-electron chi connectivity index (χ3n) is 4.35. The highest BCUT2D eigenvalue weighted by Gasteiger charge is 2.46. The molecule has 1 aliphatic heterocycles. The quantitative estimate of drug-likeness (QED) is 0.747. The standard InChI is InChI=1S/C18H26N2O3/c1-3-23-13-7-12-19-17(22)18(2)11-10-16(21)20(18)14-15-8-5-4-6-9-15/h4-6,8-9H,3,7,10-14H2,1-2H3,(H,19,22)/t18-/m1/s1. The minimum absolute atomic E-state index is 0.0424. The molecule has 0 unspecified atom stereocenters. The zero-order valence-corrected chi connectivity index (χ0v) is 14.0. The predicted molar refractivity (Wildman–Crippen MR) is 88.8 cm³/mol. The molecule has 5 nitrogen and oxygen atoms in total. The molecule has 1 atom stereocenters. The second-order valence-electron chi connectivity index (χ2n) is 6.05. The van der Waals surface area contributed by atoms with Crippen molar-refractivity contribution in [2.75, 3.05) is 19.8 Å². The lowest BCUT2D eigenvalue weighted by Crippen LogP contribution is -2.54. The Balaban J connectivity index is 1.96. The van der Waals surface area contributed by atoms with Crippen molar-refractivity contribution in [2.24, 2.45) is 0 Å². The van der Waals surface area contributed by atoms with Crippen LogP contribution in [0.3, 0.4) is 0 Å². The number of rotatable bonds is 8. The molecule has 2 rings (SSSR count). The lowest BCUT2D eigenvalue weighted by atomic mass is 9.97. The van der Waals surface area contributed by atoms with Gasteiger partial charge in [-0.2, -0.15) is 0 Å². The Labute approximate surface area is 138 Å². The molecule has 1 fully saturated rings. The number of nitrogens with one attached hydrogen (secondary N) is 1. The molecule has 0 radical (unpaired) electrons. The number of carbonyl (C=O) groups excluding carboxylic acids is 2. The van der Waals surface area contributed by atoms with E-state index in [1.54, 1.807) is 4.90 Å². The maximum Gasteiger partial charge on any atom is 0.245 e. The van der Waals surface area contributed by atoms with E-state index in [1.807, 2.05) is 44.2 Å². The van der Waals surface area contributed by atoms with Gasteiger partial charge in [-0.05, 0) is 32.3 Å². The number of ether oxygens (including phenoxy) is 1. The van der Waals surface area contributed by atoms with Crippen LogP contribution in [0.25, 0.3) is 0 Å². The van der Waals surface area contributed by atoms with Crippen LogP contribution in [0.4, 0.5) is 0 Å². The second-order valence-corrected chi connectivity index (χ2v) is 6.05. The molecule has 0 spiro atoms. The van der Waals surface area contributed by atoms with E-state index in [1.165, 1.54) is 0 Å². The van der Waals surface area contributed by atoms with Gasteiger partial charge in [0.15, 0.2) is 0 Å².